The Labute approximate surface area is 148 Å². The van der Waals surface area contributed by atoms with Crippen molar-refractivity contribution >= 4 is 11.6 Å². The summed E-state index contributed by atoms with van der Waals surface area (Å²) in [6.07, 6.45) is 0.366. The summed E-state index contributed by atoms with van der Waals surface area (Å²) in [5.74, 6) is 2.00. The Balaban J connectivity index is 1.76. The molecule has 6 heteroatoms. The van der Waals surface area contributed by atoms with Crippen molar-refractivity contribution in [3.8, 4) is 17.2 Å². The lowest BCUT2D eigenvalue weighted by atomic mass is 10.2. The standard InChI is InChI=1S/C19H24N2O4/c1-23-15-6-4-14(5-7-15)13-20-11-10-19(22)21-17-9-8-16(24-2)12-18(17)25-3/h4-9,12,20H,10-11,13H2,1-3H3,(H,21,22). The third-order valence-electron chi connectivity index (χ3n) is 3.70. The minimum Gasteiger partial charge on any atom is -0.497 e. The molecular weight excluding hydrogens is 320 g/mol. The van der Waals surface area contributed by atoms with Crippen LogP contribution in [-0.4, -0.2) is 33.8 Å². The molecule has 0 heterocycles. The van der Waals surface area contributed by atoms with E-state index in [1.54, 1.807) is 39.5 Å². The van der Waals surface area contributed by atoms with E-state index in [1.807, 2.05) is 24.3 Å². The van der Waals surface area contributed by atoms with Crippen LogP contribution in [0.25, 0.3) is 0 Å². The zero-order valence-corrected chi connectivity index (χ0v) is 14.8. The predicted octanol–water partition coefficient (Wildman–Crippen LogP) is 2.83. The molecule has 0 aliphatic carbocycles. The average Bonchev–Trinajstić information content (AvgIpc) is 2.66. The highest BCUT2D eigenvalue weighted by Gasteiger charge is 2.08. The number of amides is 1. The van der Waals surface area contributed by atoms with Gasteiger partial charge >= 0.3 is 0 Å². The van der Waals surface area contributed by atoms with Crippen LogP contribution < -0.4 is 24.8 Å². The zero-order valence-electron chi connectivity index (χ0n) is 14.8. The number of nitrogens with one attached hydrogen (secondary N) is 2. The van der Waals surface area contributed by atoms with Gasteiger partial charge in [0, 0.05) is 25.6 Å². The van der Waals surface area contributed by atoms with Crippen LogP contribution in [0.4, 0.5) is 5.69 Å². The van der Waals surface area contributed by atoms with Crippen molar-refractivity contribution in [3.63, 3.8) is 0 Å². The molecule has 0 atom stereocenters. The maximum atomic E-state index is 12.1. The third kappa shape index (κ3) is 5.69. The first-order chi connectivity index (χ1) is 12.2. The lowest BCUT2D eigenvalue weighted by Crippen LogP contribution is -2.21. The van der Waals surface area contributed by atoms with E-state index in [-0.39, 0.29) is 5.91 Å². The second-order valence-electron chi connectivity index (χ2n) is 5.39. The summed E-state index contributed by atoms with van der Waals surface area (Å²) in [7, 11) is 4.78. The molecule has 0 fully saturated rings. The second kappa shape index (κ2) is 9.54. The summed E-state index contributed by atoms with van der Waals surface area (Å²) in [4.78, 5) is 12.1. The molecule has 0 aromatic heterocycles. The minimum atomic E-state index is -0.0781. The van der Waals surface area contributed by atoms with Gasteiger partial charge in [-0.15, -0.1) is 0 Å². The number of hydrogen-bond acceptors (Lipinski definition) is 5. The molecule has 0 saturated heterocycles. The Morgan fingerprint density at radius 3 is 2.24 bits per heavy atom. The van der Waals surface area contributed by atoms with E-state index >= 15 is 0 Å². The fraction of sp³-hybridized carbons (Fsp3) is 0.316. The smallest absolute Gasteiger partial charge is 0.225 e. The number of hydrogen-bond donors (Lipinski definition) is 2. The molecule has 6 nitrogen and oxygen atoms in total. The van der Waals surface area contributed by atoms with Crippen molar-refractivity contribution in [2.24, 2.45) is 0 Å². The van der Waals surface area contributed by atoms with Crippen LogP contribution in [0.3, 0.4) is 0 Å². The van der Waals surface area contributed by atoms with Gasteiger partial charge in [-0.1, -0.05) is 12.1 Å². The molecule has 1 amide bonds. The Morgan fingerprint density at radius 2 is 1.60 bits per heavy atom. The van der Waals surface area contributed by atoms with Gasteiger partial charge in [-0.3, -0.25) is 4.79 Å². The molecule has 25 heavy (non-hydrogen) atoms. The van der Waals surface area contributed by atoms with E-state index in [0.29, 0.717) is 36.7 Å². The van der Waals surface area contributed by atoms with E-state index in [1.165, 1.54) is 0 Å². The van der Waals surface area contributed by atoms with Crippen LogP contribution >= 0.6 is 0 Å². The molecule has 0 unspecified atom stereocenters. The Morgan fingerprint density at radius 1 is 0.920 bits per heavy atom. The van der Waals surface area contributed by atoms with E-state index in [0.717, 1.165) is 11.3 Å². The summed E-state index contributed by atoms with van der Waals surface area (Å²) < 4.78 is 15.5. The predicted molar refractivity (Wildman–Crippen MR) is 97.5 cm³/mol. The summed E-state index contributed by atoms with van der Waals surface area (Å²) in [6, 6.07) is 13.1. The highest BCUT2D eigenvalue weighted by Crippen LogP contribution is 2.29. The molecule has 0 spiro atoms. The molecule has 0 saturated carbocycles. The molecule has 0 aliphatic heterocycles. The van der Waals surface area contributed by atoms with Crippen molar-refractivity contribution in [1.29, 1.82) is 0 Å². The monoisotopic (exact) mass is 344 g/mol. The highest BCUT2D eigenvalue weighted by molar-refractivity contribution is 5.92. The fourth-order valence-corrected chi connectivity index (χ4v) is 2.29. The molecule has 2 N–H and O–H groups in total. The summed E-state index contributed by atoms with van der Waals surface area (Å²) >= 11 is 0. The largest absolute Gasteiger partial charge is 0.497 e. The number of methoxy groups -OCH3 is 3. The molecule has 0 aliphatic rings. The minimum absolute atomic E-state index is 0.0781. The van der Waals surface area contributed by atoms with Crippen molar-refractivity contribution in [2.45, 2.75) is 13.0 Å². The first-order valence-corrected chi connectivity index (χ1v) is 8.01. The van der Waals surface area contributed by atoms with E-state index in [9.17, 15) is 4.79 Å². The summed E-state index contributed by atoms with van der Waals surface area (Å²) in [6.45, 7) is 1.28. The number of benzene rings is 2. The van der Waals surface area contributed by atoms with Gasteiger partial charge in [0.1, 0.15) is 17.2 Å². The number of anilines is 1. The second-order valence-corrected chi connectivity index (χ2v) is 5.39. The van der Waals surface area contributed by atoms with Crippen molar-refractivity contribution in [3.05, 3.63) is 48.0 Å². The molecule has 0 radical (unpaired) electrons. The van der Waals surface area contributed by atoms with Crippen LogP contribution in [0.2, 0.25) is 0 Å². The lowest BCUT2D eigenvalue weighted by molar-refractivity contribution is -0.116. The third-order valence-corrected chi connectivity index (χ3v) is 3.70. The highest BCUT2D eigenvalue weighted by atomic mass is 16.5. The molecule has 0 bridgehead atoms. The first kappa shape index (κ1) is 18.6. The van der Waals surface area contributed by atoms with Crippen LogP contribution in [-0.2, 0) is 11.3 Å². The Kier molecular flexibility index (Phi) is 7.10. The quantitative estimate of drug-likeness (QED) is 0.685. The normalized spacial score (nSPS) is 10.2. The summed E-state index contributed by atoms with van der Waals surface area (Å²) in [5.41, 5.74) is 1.77. The van der Waals surface area contributed by atoms with Gasteiger partial charge in [0.2, 0.25) is 5.91 Å². The van der Waals surface area contributed by atoms with Crippen molar-refractivity contribution in [1.82, 2.24) is 5.32 Å². The average molecular weight is 344 g/mol. The zero-order chi connectivity index (χ0) is 18.1. The van der Waals surface area contributed by atoms with E-state index < -0.39 is 0 Å². The van der Waals surface area contributed by atoms with Crippen molar-refractivity contribution < 1.29 is 19.0 Å². The molecular formula is C19H24N2O4. The fourth-order valence-electron chi connectivity index (χ4n) is 2.29. The van der Waals surface area contributed by atoms with Gasteiger partial charge in [0.05, 0.1) is 27.0 Å². The number of ether oxygens (including phenoxy) is 3. The molecule has 2 rings (SSSR count). The topological polar surface area (TPSA) is 68.8 Å². The maximum absolute atomic E-state index is 12.1. The van der Waals surface area contributed by atoms with Crippen molar-refractivity contribution in [2.75, 3.05) is 33.2 Å². The Bertz CT molecular complexity index is 686. The molecule has 134 valence electrons. The van der Waals surface area contributed by atoms with Gasteiger partial charge in [-0.05, 0) is 29.8 Å². The van der Waals surface area contributed by atoms with Gasteiger partial charge in [-0.2, -0.15) is 0 Å². The maximum Gasteiger partial charge on any atom is 0.225 e. The van der Waals surface area contributed by atoms with Gasteiger partial charge < -0.3 is 24.8 Å². The SMILES string of the molecule is COc1ccc(CNCCC(=O)Nc2ccc(OC)cc2OC)cc1. The first-order valence-electron chi connectivity index (χ1n) is 8.01. The van der Waals surface area contributed by atoms with E-state index in [2.05, 4.69) is 10.6 Å². The number of rotatable bonds is 9. The molecule has 2 aromatic rings. The number of carbonyl (C=O) groups is 1. The van der Waals surface area contributed by atoms with Crippen LogP contribution in [0.5, 0.6) is 17.2 Å². The van der Waals surface area contributed by atoms with Gasteiger partial charge in [-0.25, -0.2) is 0 Å². The number of carbonyl (C=O) groups excluding carboxylic acids is 1. The molecule has 2 aromatic carbocycles. The van der Waals surface area contributed by atoms with Crippen LogP contribution in [0.15, 0.2) is 42.5 Å². The van der Waals surface area contributed by atoms with Crippen LogP contribution in [0, 0.1) is 0 Å². The van der Waals surface area contributed by atoms with Crippen LogP contribution in [0.1, 0.15) is 12.0 Å². The summed E-state index contributed by atoms with van der Waals surface area (Å²) in [5, 5.41) is 6.10. The lowest BCUT2D eigenvalue weighted by Gasteiger charge is -2.12. The Hall–Kier alpha value is -2.73. The van der Waals surface area contributed by atoms with Gasteiger partial charge in [0.15, 0.2) is 0 Å². The van der Waals surface area contributed by atoms with E-state index in [4.69, 9.17) is 14.2 Å². The van der Waals surface area contributed by atoms with Gasteiger partial charge in [0.25, 0.3) is 0 Å².